The number of nitrogens with zero attached hydrogens (tertiary/aromatic N) is 1. The molecule has 4 unspecified atom stereocenters. The van der Waals surface area contributed by atoms with E-state index >= 15 is 0 Å². The Morgan fingerprint density at radius 3 is 2.59 bits per heavy atom. The maximum Gasteiger partial charge on any atom is 0.0197 e. The fraction of sp³-hybridized carbons (Fsp3) is 1.00. The van der Waals surface area contributed by atoms with Crippen molar-refractivity contribution in [3.05, 3.63) is 0 Å². The van der Waals surface area contributed by atoms with Gasteiger partial charge in [0.25, 0.3) is 0 Å². The van der Waals surface area contributed by atoms with Gasteiger partial charge in [0.05, 0.1) is 0 Å². The Bertz CT molecular complexity index is 229. The van der Waals surface area contributed by atoms with Gasteiger partial charge in [0.1, 0.15) is 0 Å². The molecule has 1 saturated heterocycles. The Morgan fingerprint density at radius 1 is 1.12 bits per heavy atom. The molecule has 1 saturated carbocycles. The van der Waals surface area contributed by atoms with E-state index in [1.165, 1.54) is 51.6 Å². The molecule has 1 N–H and O–H groups in total. The minimum atomic E-state index is 0.734. The maximum atomic E-state index is 3.69. The molecule has 0 amide bonds. The molecule has 2 heteroatoms. The summed E-state index contributed by atoms with van der Waals surface area (Å²) in [6, 6.07) is 1.57. The summed E-state index contributed by atoms with van der Waals surface area (Å²) in [5, 5.41) is 3.69. The lowest BCUT2D eigenvalue weighted by molar-refractivity contribution is 0.118. The molecular formula is C15H30N2. The summed E-state index contributed by atoms with van der Waals surface area (Å²) in [6.45, 7) is 7.31. The van der Waals surface area contributed by atoms with E-state index < -0.39 is 0 Å². The molecule has 2 fully saturated rings. The quantitative estimate of drug-likeness (QED) is 0.813. The Labute approximate surface area is 107 Å². The Kier molecular flexibility index (Phi) is 4.87. The lowest BCUT2D eigenvalue weighted by Gasteiger charge is -2.39. The monoisotopic (exact) mass is 238 g/mol. The zero-order valence-electron chi connectivity index (χ0n) is 11.9. The van der Waals surface area contributed by atoms with Crippen molar-refractivity contribution >= 4 is 0 Å². The van der Waals surface area contributed by atoms with Gasteiger partial charge in [-0.05, 0) is 51.1 Å². The molecule has 4 atom stereocenters. The van der Waals surface area contributed by atoms with Gasteiger partial charge in [-0.25, -0.2) is 0 Å². The van der Waals surface area contributed by atoms with Gasteiger partial charge >= 0.3 is 0 Å². The highest BCUT2D eigenvalue weighted by atomic mass is 15.2. The average molecular weight is 238 g/mol. The lowest BCUT2D eigenvalue weighted by atomic mass is 9.84. The van der Waals surface area contributed by atoms with Crippen molar-refractivity contribution in [2.45, 2.75) is 64.5 Å². The fourth-order valence-corrected chi connectivity index (χ4v) is 3.79. The van der Waals surface area contributed by atoms with Crippen LogP contribution in [0.3, 0.4) is 0 Å². The van der Waals surface area contributed by atoms with E-state index in [0.29, 0.717) is 0 Å². The Morgan fingerprint density at radius 2 is 1.88 bits per heavy atom. The van der Waals surface area contributed by atoms with Crippen LogP contribution < -0.4 is 5.32 Å². The fourth-order valence-electron chi connectivity index (χ4n) is 3.79. The minimum Gasteiger partial charge on any atom is -0.313 e. The second kappa shape index (κ2) is 6.19. The van der Waals surface area contributed by atoms with Crippen molar-refractivity contribution in [1.29, 1.82) is 0 Å². The predicted octanol–water partition coefficient (Wildman–Crippen LogP) is 2.89. The van der Waals surface area contributed by atoms with Gasteiger partial charge in [0, 0.05) is 18.6 Å². The van der Waals surface area contributed by atoms with E-state index in [1.807, 2.05) is 0 Å². The topological polar surface area (TPSA) is 15.3 Å². The van der Waals surface area contributed by atoms with Crippen molar-refractivity contribution in [1.82, 2.24) is 10.2 Å². The zero-order valence-corrected chi connectivity index (χ0v) is 11.9. The summed E-state index contributed by atoms with van der Waals surface area (Å²) >= 11 is 0. The van der Waals surface area contributed by atoms with Crippen molar-refractivity contribution in [2.75, 3.05) is 20.1 Å². The number of likely N-dealkylation sites (N-methyl/N-ethyl adjacent to an activating group) is 1. The van der Waals surface area contributed by atoms with Crippen LogP contribution in [0, 0.1) is 11.8 Å². The van der Waals surface area contributed by atoms with Gasteiger partial charge in [-0.15, -0.1) is 0 Å². The molecule has 0 aromatic carbocycles. The summed E-state index contributed by atoms with van der Waals surface area (Å²) in [7, 11) is 2.34. The van der Waals surface area contributed by atoms with Crippen LogP contribution in [0.4, 0.5) is 0 Å². The van der Waals surface area contributed by atoms with E-state index in [-0.39, 0.29) is 0 Å². The third-order valence-electron chi connectivity index (χ3n) is 4.90. The first kappa shape index (κ1) is 13.4. The second-order valence-corrected chi connectivity index (χ2v) is 6.55. The summed E-state index contributed by atoms with van der Waals surface area (Å²) in [5.74, 6) is 1.81. The standard InChI is InChI=1S/C15H30N2/c1-12-8-9-16-14(10-12)11-17(3)15-7-5-4-6-13(15)2/h12-16H,4-11H2,1-3H3. The molecule has 1 heterocycles. The van der Waals surface area contributed by atoms with Crippen molar-refractivity contribution in [3.63, 3.8) is 0 Å². The van der Waals surface area contributed by atoms with E-state index in [1.54, 1.807) is 0 Å². The molecule has 0 spiro atoms. The molecule has 17 heavy (non-hydrogen) atoms. The molecule has 1 aliphatic carbocycles. The number of hydrogen-bond donors (Lipinski definition) is 1. The minimum absolute atomic E-state index is 0.734. The average Bonchev–Trinajstić information content (AvgIpc) is 2.29. The highest BCUT2D eigenvalue weighted by molar-refractivity contribution is 4.84. The predicted molar refractivity (Wildman–Crippen MR) is 74.2 cm³/mol. The molecule has 100 valence electrons. The SMILES string of the molecule is CC1CCNC(CN(C)C2CCCCC2C)C1. The Hall–Kier alpha value is -0.0800. The Balaban J connectivity index is 1.80. The van der Waals surface area contributed by atoms with E-state index in [4.69, 9.17) is 0 Å². The van der Waals surface area contributed by atoms with Gasteiger partial charge in [-0.2, -0.15) is 0 Å². The highest BCUT2D eigenvalue weighted by Gasteiger charge is 2.27. The van der Waals surface area contributed by atoms with Crippen LogP contribution in [0.2, 0.25) is 0 Å². The summed E-state index contributed by atoms with van der Waals surface area (Å²) in [5.41, 5.74) is 0. The third kappa shape index (κ3) is 3.69. The maximum absolute atomic E-state index is 3.69. The highest BCUT2D eigenvalue weighted by Crippen LogP contribution is 2.28. The van der Waals surface area contributed by atoms with Crippen molar-refractivity contribution in [2.24, 2.45) is 11.8 Å². The second-order valence-electron chi connectivity index (χ2n) is 6.55. The van der Waals surface area contributed by atoms with Gasteiger partial charge in [-0.1, -0.05) is 26.7 Å². The van der Waals surface area contributed by atoms with Crippen LogP contribution in [0.15, 0.2) is 0 Å². The summed E-state index contributed by atoms with van der Waals surface area (Å²) < 4.78 is 0. The third-order valence-corrected chi connectivity index (χ3v) is 4.90. The van der Waals surface area contributed by atoms with Crippen LogP contribution >= 0.6 is 0 Å². The molecular weight excluding hydrogens is 208 g/mol. The number of piperidine rings is 1. The van der Waals surface area contributed by atoms with E-state index in [2.05, 4.69) is 31.1 Å². The van der Waals surface area contributed by atoms with Gasteiger partial charge in [-0.3, -0.25) is 0 Å². The van der Waals surface area contributed by atoms with Crippen LogP contribution in [0.25, 0.3) is 0 Å². The lowest BCUT2D eigenvalue weighted by Crippen LogP contribution is -2.49. The van der Waals surface area contributed by atoms with Gasteiger partial charge in [0.2, 0.25) is 0 Å². The first-order valence-electron chi connectivity index (χ1n) is 7.60. The smallest absolute Gasteiger partial charge is 0.0197 e. The zero-order chi connectivity index (χ0) is 12.3. The first-order valence-corrected chi connectivity index (χ1v) is 7.60. The summed E-state index contributed by atoms with van der Waals surface area (Å²) in [6.07, 6.45) is 8.47. The summed E-state index contributed by atoms with van der Waals surface area (Å²) in [4.78, 5) is 2.64. The molecule has 0 radical (unpaired) electrons. The molecule has 2 aliphatic rings. The van der Waals surface area contributed by atoms with Gasteiger partial charge < -0.3 is 10.2 Å². The molecule has 2 rings (SSSR count). The molecule has 1 aliphatic heterocycles. The molecule has 0 aromatic rings. The number of hydrogen-bond acceptors (Lipinski definition) is 2. The molecule has 2 nitrogen and oxygen atoms in total. The van der Waals surface area contributed by atoms with E-state index in [9.17, 15) is 0 Å². The molecule has 0 bridgehead atoms. The van der Waals surface area contributed by atoms with Crippen LogP contribution in [0.5, 0.6) is 0 Å². The van der Waals surface area contributed by atoms with Crippen LogP contribution in [0.1, 0.15) is 52.4 Å². The number of rotatable bonds is 3. The normalized spacial score (nSPS) is 39.5. The molecule has 0 aromatic heterocycles. The van der Waals surface area contributed by atoms with Crippen molar-refractivity contribution in [3.8, 4) is 0 Å². The number of nitrogens with one attached hydrogen (secondary N) is 1. The largest absolute Gasteiger partial charge is 0.313 e. The van der Waals surface area contributed by atoms with Gasteiger partial charge in [0.15, 0.2) is 0 Å². The van der Waals surface area contributed by atoms with E-state index in [0.717, 1.165) is 23.9 Å². The van der Waals surface area contributed by atoms with Crippen LogP contribution in [-0.4, -0.2) is 37.1 Å². The first-order chi connectivity index (χ1) is 8.16. The van der Waals surface area contributed by atoms with Crippen LogP contribution in [-0.2, 0) is 0 Å². The van der Waals surface area contributed by atoms with Crippen molar-refractivity contribution < 1.29 is 0 Å².